The summed E-state index contributed by atoms with van der Waals surface area (Å²) in [6.45, 7) is 12.0. The number of fused-ring (bicyclic) bond motifs is 1. The topological polar surface area (TPSA) is 50.6 Å². The van der Waals surface area contributed by atoms with E-state index in [9.17, 15) is 4.79 Å². The van der Waals surface area contributed by atoms with Crippen LogP contribution in [0.1, 0.15) is 35.7 Å². The lowest BCUT2D eigenvalue weighted by Gasteiger charge is -2.28. The molecule has 34 heavy (non-hydrogen) atoms. The van der Waals surface area contributed by atoms with Crippen LogP contribution in [0.2, 0.25) is 0 Å². The van der Waals surface area contributed by atoms with Crippen molar-refractivity contribution in [1.82, 2.24) is 19.6 Å². The maximum Gasteiger partial charge on any atom is 0.228 e. The summed E-state index contributed by atoms with van der Waals surface area (Å²) in [5, 5.41) is 7.11. The molecule has 0 bridgehead atoms. The smallest absolute Gasteiger partial charge is 0.228 e. The second-order valence-electron chi connectivity index (χ2n) is 9.15. The van der Waals surface area contributed by atoms with Crippen LogP contribution in [-0.2, 0) is 30.7 Å². The number of para-hydroxylation sites is 2. The summed E-state index contributed by atoms with van der Waals surface area (Å²) in [5.41, 5.74) is 4.33. The number of aromatic nitrogens is 2. The highest BCUT2D eigenvalue weighted by Gasteiger charge is 2.28. The second kappa shape index (κ2) is 11.0. The summed E-state index contributed by atoms with van der Waals surface area (Å²) < 4.78 is 7.68. The zero-order valence-electron chi connectivity index (χ0n) is 20.4. The van der Waals surface area contributed by atoms with Crippen LogP contribution in [-0.4, -0.2) is 52.2 Å². The van der Waals surface area contributed by atoms with E-state index in [2.05, 4.69) is 25.3 Å². The van der Waals surface area contributed by atoms with E-state index < -0.39 is 0 Å². The Labute approximate surface area is 206 Å². The van der Waals surface area contributed by atoms with Crippen molar-refractivity contribution >= 4 is 17.2 Å². The lowest BCUT2D eigenvalue weighted by atomic mass is 10.0. The lowest BCUT2D eigenvalue weighted by molar-refractivity contribution is -0.131. The first-order valence-electron chi connectivity index (χ1n) is 11.9. The summed E-state index contributed by atoms with van der Waals surface area (Å²) >= 11 is 1.63. The average Bonchev–Trinajstić information content (AvgIpc) is 3.46. The van der Waals surface area contributed by atoms with Gasteiger partial charge in [-0.2, -0.15) is 5.10 Å². The standard InChI is InChI=1S/C27H34N4O2S/c1-5-13-29-14-12-24-22(18-29)23(28-31(24)25-10-6-7-11-26(25)33-4)19-30(17-20(2)3)27(32)16-21-9-8-15-34-21/h5-11,15,20H,1,12-14,16-19H2,2-4H3. The van der Waals surface area contributed by atoms with Gasteiger partial charge in [-0.15, -0.1) is 17.9 Å². The van der Waals surface area contributed by atoms with E-state index in [4.69, 9.17) is 9.84 Å². The molecular formula is C27H34N4O2S. The Morgan fingerprint density at radius 1 is 1.29 bits per heavy atom. The molecule has 3 heterocycles. The molecular weight excluding hydrogens is 444 g/mol. The highest BCUT2D eigenvalue weighted by atomic mass is 32.1. The van der Waals surface area contributed by atoms with E-state index in [0.29, 0.717) is 25.4 Å². The predicted molar refractivity (Wildman–Crippen MR) is 138 cm³/mol. The number of nitrogens with zero attached hydrogens (tertiary/aromatic N) is 4. The zero-order chi connectivity index (χ0) is 24.1. The van der Waals surface area contributed by atoms with E-state index >= 15 is 0 Å². The molecule has 7 heteroatoms. The van der Waals surface area contributed by atoms with Gasteiger partial charge in [-0.1, -0.05) is 38.1 Å². The van der Waals surface area contributed by atoms with Gasteiger partial charge < -0.3 is 9.64 Å². The third-order valence-electron chi connectivity index (χ3n) is 6.10. The van der Waals surface area contributed by atoms with Gasteiger partial charge in [0.05, 0.1) is 31.5 Å². The minimum Gasteiger partial charge on any atom is -0.494 e. The Morgan fingerprint density at radius 2 is 2.12 bits per heavy atom. The molecule has 6 nitrogen and oxygen atoms in total. The molecule has 2 aromatic heterocycles. The van der Waals surface area contributed by atoms with Gasteiger partial charge in [0.1, 0.15) is 11.4 Å². The van der Waals surface area contributed by atoms with E-state index in [1.54, 1.807) is 18.4 Å². The van der Waals surface area contributed by atoms with Gasteiger partial charge in [0, 0.05) is 43.0 Å². The third kappa shape index (κ3) is 5.42. The van der Waals surface area contributed by atoms with Gasteiger partial charge in [-0.05, 0) is 29.5 Å². The first-order chi connectivity index (χ1) is 16.5. The van der Waals surface area contributed by atoms with E-state index in [0.717, 1.165) is 48.1 Å². The van der Waals surface area contributed by atoms with E-state index in [1.807, 2.05) is 57.4 Å². The molecule has 180 valence electrons. The van der Waals surface area contributed by atoms with E-state index in [1.165, 1.54) is 11.3 Å². The molecule has 0 radical (unpaired) electrons. The number of thiophene rings is 1. The monoisotopic (exact) mass is 478 g/mol. The first kappa shape index (κ1) is 24.2. The molecule has 0 spiro atoms. The molecule has 0 fully saturated rings. The van der Waals surface area contributed by atoms with E-state index in [-0.39, 0.29) is 5.91 Å². The number of ether oxygens (including phenoxy) is 1. The number of hydrogen-bond donors (Lipinski definition) is 0. The number of benzene rings is 1. The van der Waals surface area contributed by atoms with Gasteiger partial charge >= 0.3 is 0 Å². The van der Waals surface area contributed by atoms with Crippen molar-refractivity contribution in [1.29, 1.82) is 0 Å². The summed E-state index contributed by atoms with van der Waals surface area (Å²) in [5.74, 6) is 1.31. The number of rotatable bonds is 10. The molecule has 1 aliphatic heterocycles. The Hall–Kier alpha value is -2.90. The Morgan fingerprint density at radius 3 is 2.82 bits per heavy atom. The van der Waals surface area contributed by atoms with Gasteiger partial charge in [-0.25, -0.2) is 4.68 Å². The quantitative estimate of drug-likeness (QED) is 0.396. The second-order valence-corrected chi connectivity index (χ2v) is 10.2. The van der Waals surface area contributed by atoms with Gasteiger partial charge in [0.25, 0.3) is 0 Å². The largest absolute Gasteiger partial charge is 0.494 e. The molecule has 0 atom stereocenters. The molecule has 4 rings (SSSR count). The molecule has 0 unspecified atom stereocenters. The van der Waals surface area contributed by atoms with Crippen LogP contribution >= 0.6 is 11.3 Å². The molecule has 3 aromatic rings. The van der Waals surface area contributed by atoms with Crippen LogP contribution in [0.15, 0.2) is 54.4 Å². The van der Waals surface area contributed by atoms with Crippen LogP contribution in [0, 0.1) is 5.92 Å². The number of amides is 1. The van der Waals surface area contributed by atoms with Crippen molar-refractivity contribution in [2.75, 3.05) is 26.7 Å². The minimum absolute atomic E-state index is 0.149. The fourth-order valence-electron chi connectivity index (χ4n) is 4.56. The normalized spacial score (nSPS) is 13.6. The maximum absolute atomic E-state index is 13.3. The summed E-state index contributed by atoms with van der Waals surface area (Å²) in [6, 6.07) is 12.0. The van der Waals surface area contributed by atoms with Gasteiger partial charge in [0.2, 0.25) is 5.91 Å². The van der Waals surface area contributed by atoms with Gasteiger partial charge in [-0.3, -0.25) is 9.69 Å². The lowest BCUT2D eigenvalue weighted by Crippen LogP contribution is -2.36. The first-order valence-corrected chi connectivity index (χ1v) is 12.7. The molecule has 1 aromatic carbocycles. The molecule has 0 N–H and O–H groups in total. The summed E-state index contributed by atoms with van der Waals surface area (Å²) in [7, 11) is 1.69. The highest BCUT2D eigenvalue weighted by molar-refractivity contribution is 7.10. The maximum atomic E-state index is 13.3. The predicted octanol–water partition coefficient (Wildman–Crippen LogP) is 4.71. The van der Waals surface area contributed by atoms with Crippen LogP contribution in [0.5, 0.6) is 5.75 Å². The fourth-order valence-corrected chi connectivity index (χ4v) is 5.26. The average molecular weight is 479 g/mol. The third-order valence-corrected chi connectivity index (χ3v) is 6.98. The van der Waals surface area contributed by atoms with Crippen molar-refractivity contribution in [3.05, 3.63) is 76.3 Å². The van der Waals surface area contributed by atoms with Crippen LogP contribution in [0.25, 0.3) is 5.69 Å². The summed E-state index contributed by atoms with van der Waals surface area (Å²) in [4.78, 5) is 18.8. The molecule has 0 saturated carbocycles. The zero-order valence-corrected chi connectivity index (χ0v) is 21.2. The molecule has 1 aliphatic rings. The Balaban J connectivity index is 1.71. The SMILES string of the molecule is C=CCN1CCc2c(c(CN(CC(C)C)C(=O)Cc3cccs3)nn2-c2ccccc2OC)C1. The number of methoxy groups -OCH3 is 1. The minimum atomic E-state index is 0.149. The van der Waals surface area contributed by atoms with Crippen molar-refractivity contribution in [2.45, 2.75) is 39.8 Å². The highest BCUT2D eigenvalue weighted by Crippen LogP contribution is 2.30. The number of carbonyl (C=O) groups is 1. The van der Waals surface area contributed by atoms with Crippen LogP contribution in [0.3, 0.4) is 0 Å². The van der Waals surface area contributed by atoms with Crippen LogP contribution in [0.4, 0.5) is 0 Å². The number of hydrogen-bond acceptors (Lipinski definition) is 5. The molecule has 0 aliphatic carbocycles. The Bertz CT molecular complexity index is 1120. The van der Waals surface area contributed by atoms with Crippen LogP contribution < -0.4 is 4.74 Å². The van der Waals surface area contributed by atoms with Crippen molar-refractivity contribution in [2.24, 2.45) is 5.92 Å². The van der Waals surface area contributed by atoms with Crippen molar-refractivity contribution in [3.8, 4) is 11.4 Å². The number of carbonyl (C=O) groups excluding carboxylic acids is 1. The Kier molecular flexibility index (Phi) is 7.85. The summed E-state index contributed by atoms with van der Waals surface area (Å²) in [6.07, 6.45) is 3.27. The fraction of sp³-hybridized carbons (Fsp3) is 0.407. The van der Waals surface area contributed by atoms with Gasteiger partial charge in [0.15, 0.2) is 0 Å². The molecule has 1 amide bonds. The van der Waals surface area contributed by atoms with Crippen molar-refractivity contribution < 1.29 is 9.53 Å². The molecule has 0 saturated heterocycles. The van der Waals surface area contributed by atoms with Crippen molar-refractivity contribution in [3.63, 3.8) is 0 Å².